The second-order valence-corrected chi connectivity index (χ2v) is 6.89. The van der Waals surface area contributed by atoms with Crippen molar-refractivity contribution in [1.82, 2.24) is 0 Å². The Morgan fingerprint density at radius 2 is 1.86 bits per heavy atom. The third-order valence-corrected chi connectivity index (χ3v) is 4.76. The first kappa shape index (κ1) is 16.8. The van der Waals surface area contributed by atoms with Gasteiger partial charge in [0.05, 0.1) is 16.2 Å². The average molecular weight is 327 g/mol. The Morgan fingerprint density at radius 1 is 1.29 bits per heavy atom. The highest BCUT2D eigenvalue weighted by Gasteiger charge is 2.52. The molecule has 1 aliphatic rings. The van der Waals surface area contributed by atoms with E-state index in [0.29, 0.717) is 10.8 Å². The van der Waals surface area contributed by atoms with E-state index in [-0.39, 0.29) is 5.75 Å². The van der Waals surface area contributed by atoms with Crippen molar-refractivity contribution in [3.8, 4) is 5.75 Å². The normalized spacial score (nSPS) is 20.9. The van der Waals surface area contributed by atoms with Crippen molar-refractivity contribution < 1.29 is 14.4 Å². The minimum Gasteiger partial charge on any atom is -0.508 e. The van der Waals surface area contributed by atoms with E-state index < -0.39 is 18.3 Å². The molecule has 1 aromatic rings. The first-order valence-electron chi connectivity index (χ1n) is 6.82. The lowest BCUT2D eigenvalue weighted by Gasteiger charge is -2.32. The summed E-state index contributed by atoms with van der Waals surface area (Å²) in [4.78, 5) is 0. The van der Waals surface area contributed by atoms with Gasteiger partial charge in [-0.3, -0.25) is 0 Å². The molecule has 0 atom stereocenters. The zero-order valence-electron chi connectivity index (χ0n) is 12.7. The van der Waals surface area contributed by atoms with E-state index >= 15 is 0 Å². The van der Waals surface area contributed by atoms with Crippen LogP contribution < -0.4 is 0 Å². The van der Waals surface area contributed by atoms with Gasteiger partial charge in [-0.25, -0.2) is 0 Å². The Labute approximate surface area is 136 Å². The summed E-state index contributed by atoms with van der Waals surface area (Å²) in [5, 5.41) is 9.89. The van der Waals surface area contributed by atoms with Crippen LogP contribution in [-0.4, -0.2) is 29.2 Å². The molecule has 1 saturated heterocycles. The molecule has 0 unspecified atom stereocenters. The molecule has 114 valence electrons. The number of rotatable bonds is 3. The fourth-order valence-electron chi connectivity index (χ4n) is 2.02. The number of aromatic hydroxyl groups is 1. The molecule has 1 fully saturated rings. The fourth-order valence-corrected chi connectivity index (χ4v) is 2.49. The van der Waals surface area contributed by atoms with Crippen LogP contribution in [-0.2, 0) is 9.31 Å². The summed E-state index contributed by atoms with van der Waals surface area (Å²) < 4.78 is 12.0. The molecular weight excluding hydrogens is 306 g/mol. The number of phenols is 1. The van der Waals surface area contributed by atoms with Crippen LogP contribution in [0, 0.1) is 0 Å². The van der Waals surface area contributed by atoms with E-state index in [0.717, 1.165) is 11.0 Å². The Hall–Kier alpha value is -0.615. The van der Waals surface area contributed by atoms with E-state index in [9.17, 15) is 5.11 Å². The minimum atomic E-state index is -0.447. The van der Waals surface area contributed by atoms with Crippen LogP contribution >= 0.6 is 24.2 Å². The van der Waals surface area contributed by atoms with Crippen molar-refractivity contribution in [2.45, 2.75) is 38.9 Å². The van der Waals surface area contributed by atoms with Gasteiger partial charge in [-0.05, 0) is 56.9 Å². The second-order valence-electron chi connectivity index (χ2n) is 6.17. The molecule has 0 saturated carbocycles. The molecule has 21 heavy (non-hydrogen) atoms. The molecule has 0 spiro atoms. The lowest BCUT2D eigenvalue weighted by molar-refractivity contribution is 0.00578. The predicted octanol–water partition coefficient (Wildman–Crippen LogP) is 3.99. The second kappa shape index (κ2) is 5.88. The van der Waals surface area contributed by atoms with Gasteiger partial charge in [-0.1, -0.05) is 17.7 Å². The molecule has 0 radical (unpaired) electrons. The molecule has 3 nitrogen and oxygen atoms in total. The highest BCUT2D eigenvalue weighted by molar-refractivity contribution is 7.80. The van der Waals surface area contributed by atoms with Crippen molar-refractivity contribution in [2.75, 3.05) is 5.75 Å². The van der Waals surface area contributed by atoms with Crippen molar-refractivity contribution in [1.29, 1.82) is 0 Å². The quantitative estimate of drug-likeness (QED) is 0.651. The summed E-state index contributed by atoms with van der Waals surface area (Å²) in [6.07, 6.45) is 1.90. The van der Waals surface area contributed by atoms with Crippen LogP contribution in [0.2, 0.25) is 5.02 Å². The summed E-state index contributed by atoms with van der Waals surface area (Å²) in [6.45, 7) is 8.04. The van der Waals surface area contributed by atoms with Crippen LogP contribution in [0.25, 0.3) is 6.08 Å². The third kappa shape index (κ3) is 3.42. The molecule has 1 heterocycles. The standard InChI is InChI=1S/C15H20BClO3S/c1-14(2)15(3,4)20-16(19-14)11(9-21)7-10-5-6-12(18)8-13(10)17/h5-8,18,21H,9H2,1-4H3. The number of halogens is 1. The number of hydrogen-bond donors (Lipinski definition) is 2. The Balaban J connectivity index is 2.31. The van der Waals surface area contributed by atoms with Crippen LogP contribution in [0.4, 0.5) is 0 Å². The van der Waals surface area contributed by atoms with Gasteiger partial charge in [0.15, 0.2) is 0 Å². The summed E-state index contributed by atoms with van der Waals surface area (Å²) in [5.74, 6) is 0.633. The van der Waals surface area contributed by atoms with Gasteiger partial charge in [-0.2, -0.15) is 12.6 Å². The largest absolute Gasteiger partial charge is 0.508 e. The zero-order chi connectivity index (χ0) is 15.8. The van der Waals surface area contributed by atoms with Crippen molar-refractivity contribution in [2.24, 2.45) is 0 Å². The Morgan fingerprint density at radius 3 is 2.33 bits per heavy atom. The van der Waals surface area contributed by atoms with E-state index in [1.807, 2.05) is 33.8 Å². The SMILES string of the molecule is CC1(C)OB(C(=Cc2ccc(O)cc2Cl)CS)OC1(C)C. The zero-order valence-corrected chi connectivity index (χ0v) is 14.3. The summed E-state index contributed by atoms with van der Waals surface area (Å²) in [7, 11) is -0.447. The molecule has 0 aromatic heterocycles. The van der Waals surface area contributed by atoms with Crippen LogP contribution in [0.5, 0.6) is 5.75 Å². The van der Waals surface area contributed by atoms with E-state index in [1.54, 1.807) is 12.1 Å². The van der Waals surface area contributed by atoms with Gasteiger partial charge in [0, 0.05) is 5.75 Å². The third-order valence-electron chi connectivity index (χ3n) is 4.06. The van der Waals surface area contributed by atoms with Crippen LogP contribution in [0.15, 0.2) is 23.7 Å². The first-order valence-corrected chi connectivity index (χ1v) is 7.83. The highest BCUT2D eigenvalue weighted by atomic mass is 35.5. The molecule has 1 aromatic carbocycles. The Kier molecular flexibility index (Phi) is 4.69. The van der Waals surface area contributed by atoms with Gasteiger partial charge in [0.2, 0.25) is 0 Å². The molecule has 0 amide bonds. The average Bonchev–Trinajstić information content (AvgIpc) is 2.57. The molecule has 1 N–H and O–H groups in total. The monoisotopic (exact) mass is 326 g/mol. The van der Waals surface area contributed by atoms with Gasteiger partial charge < -0.3 is 14.4 Å². The van der Waals surface area contributed by atoms with Gasteiger partial charge >= 0.3 is 7.12 Å². The van der Waals surface area contributed by atoms with Crippen molar-refractivity contribution in [3.05, 3.63) is 34.3 Å². The molecule has 0 bridgehead atoms. The number of benzene rings is 1. The fraction of sp³-hybridized carbons (Fsp3) is 0.467. The summed E-state index contributed by atoms with van der Waals surface area (Å²) >= 11 is 10.5. The van der Waals surface area contributed by atoms with Crippen molar-refractivity contribution >= 4 is 37.4 Å². The predicted molar refractivity (Wildman–Crippen MR) is 91.0 cm³/mol. The smallest absolute Gasteiger partial charge is 0.491 e. The summed E-state index contributed by atoms with van der Waals surface area (Å²) in [6, 6.07) is 4.86. The highest BCUT2D eigenvalue weighted by Crippen LogP contribution is 2.39. The first-order chi connectivity index (χ1) is 9.66. The molecule has 1 aliphatic heterocycles. The molecule has 0 aliphatic carbocycles. The maximum absolute atomic E-state index is 9.41. The van der Waals surface area contributed by atoms with Crippen LogP contribution in [0.3, 0.4) is 0 Å². The lowest BCUT2D eigenvalue weighted by Crippen LogP contribution is -2.41. The molecular formula is C15H20BClO3S. The number of thiol groups is 1. The number of hydrogen-bond acceptors (Lipinski definition) is 4. The van der Waals surface area contributed by atoms with Gasteiger partial charge in [0.1, 0.15) is 5.75 Å². The van der Waals surface area contributed by atoms with E-state index in [4.69, 9.17) is 20.9 Å². The van der Waals surface area contributed by atoms with Crippen LogP contribution in [0.1, 0.15) is 33.3 Å². The lowest BCUT2D eigenvalue weighted by atomic mass is 9.78. The van der Waals surface area contributed by atoms with E-state index in [2.05, 4.69) is 12.6 Å². The maximum Gasteiger partial charge on any atom is 0.491 e. The topological polar surface area (TPSA) is 38.7 Å². The van der Waals surface area contributed by atoms with Crippen molar-refractivity contribution in [3.63, 3.8) is 0 Å². The van der Waals surface area contributed by atoms with E-state index in [1.165, 1.54) is 6.07 Å². The minimum absolute atomic E-state index is 0.139. The Bertz CT molecular complexity index is 556. The molecule has 6 heteroatoms. The van der Waals surface area contributed by atoms with Gasteiger partial charge in [-0.15, -0.1) is 0 Å². The summed E-state index contributed by atoms with van der Waals surface area (Å²) in [5.41, 5.74) is 0.912. The van der Waals surface area contributed by atoms with Gasteiger partial charge in [0.25, 0.3) is 0 Å². The maximum atomic E-state index is 9.41. The number of phenolic OH excluding ortho intramolecular Hbond substituents is 1. The molecule has 2 rings (SSSR count).